The first kappa shape index (κ1) is 19.9. The van der Waals surface area contributed by atoms with Crippen molar-refractivity contribution in [2.24, 2.45) is 0 Å². The first-order valence-corrected chi connectivity index (χ1v) is 11.3. The number of rotatable bonds is 8. The van der Waals surface area contributed by atoms with Gasteiger partial charge in [-0.25, -0.2) is 0 Å². The molecule has 0 amide bonds. The van der Waals surface area contributed by atoms with E-state index in [4.69, 9.17) is 11.6 Å². The summed E-state index contributed by atoms with van der Waals surface area (Å²) in [5.41, 5.74) is 2.34. The number of nitrogens with zero attached hydrogens (tertiary/aromatic N) is 3. The SMILES string of the molecule is O=C(CSc1nnc(Cc2ccccc2)n1Cc1ccccc1)c1ccc(Cl)s1. The standard InChI is InChI=1S/C22H18ClN3OS2/c23-20-12-11-19(29-20)18(27)15-28-22-25-24-21(13-16-7-3-1-4-8-16)26(22)14-17-9-5-2-6-10-17/h1-12H,13-15H2. The van der Waals surface area contributed by atoms with Crippen LogP contribution in [0.25, 0.3) is 0 Å². The van der Waals surface area contributed by atoms with E-state index in [0.717, 1.165) is 11.0 Å². The molecule has 0 atom stereocenters. The lowest BCUT2D eigenvalue weighted by Gasteiger charge is -2.10. The summed E-state index contributed by atoms with van der Waals surface area (Å²) in [6, 6.07) is 23.9. The van der Waals surface area contributed by atoms with E-state index in [0.29, 0.717) is 27.9 Å². The van der Waals surface area contributed by atoms with Gasteiger partial charge in [0.25, 0.3) is 0 Å². The van der Waals surface area contributed by atoms with Crippen LogP contribution in [0, 0.1) is 0 Å². The van der Waals surface area contributed by atoms with Gasteiger partial charge in [0.05, 0.1) is 21.5 Å². The van der Waals surface area contributed by atoms with Gasteiger partial charge in [0.2, 0.25) is 0 Å². The fourth-order valence-electron chi connectivity index (χ4n) is 2.93. The number of halogens is 1. The Morgan fingerprint density at radius 3 is 2.28 bits per heavy atom. The molecule has 146 valence electrons. The summed E-state index contributed by atoms with van der Waals surface area (Å²) >= 11 is 8.67. The quantitative estimate of drug-likeness (QED) is 0.264. The Morgan fingerprint density at radius 1 is 0.931 bits per heavy atom. The number of hydrogen-bond donors (Lipinski definition) is 0. The Bertz CT molecular complexity index is 1090. The average Bonchev–Trinajstić information content (AvgIpc) is 3.34. The van der Waals surface area contributed by atoms with Crippen molar-refractivity contribution in [3.63, 3.8) is 0 Å². The molecule has 2 heterocycles. The molecular weight excluding hydrogens is 422 g/mol. The third kappa shape index (κ3) is 5.15. The van der Waals surface area contributed by atoms with Crippen LogP contribution in [0.3, 0.4) is 0 Å². The Morgan fingerprint density at radius 2 is 1.62 bits per heavy atom. The van der Waals surface area contributed by atoms with Gasteiger partial charge in [-0.15, -0.1) is 21.5 Å². The van der Waals surface area contributed by atoms with E-state index >= 15 is 0 Å². The molecule has 0 spiro atoms. The largest absolute Gasteiger partial charge is 0.301 e. The fraction of sp³-hybridized carbons (Fsp3) is 0.136. The van der Waals surface area contributed by atoms with Crippen LogP contribution >= 0.6 is 34.7 Å². The lowest BCUT2D eigenvalue weighted by atomic mass is 10.1. The highest BCUT2D eigenvalue weighted by Crippen LogP contribution is 2.25. The number of carbonyl (C=O) groups is 1. The van der Waals surface area contributed by atoms with Gasteiger partial charge in [0.1, 0.15) is 5.82 Å². The van der Waals surface area contributed by atoms with Crippen LogP contribution < -0.4 is 0 Å². The summed E-state index contributed by atoms with van der Waals surface area (Å²) in [5.74, 6) is 1.23. The number of carbonyl (C=O) groups excluding carboxylic acids is 1. The van der Waals surface area contributed by atoms with Gasteiger partial charge < -0.3 is 4.57 Å². The zero-order valence-electron chi connectivity index (χ0n) is 15.5. The van der Waals surface area contributed by atoms with E-state index < -0.39 is 0 Å². The maximum atomic E-state index is 12.5. The second-order valence-electron chi connectivity index (χ2n) is 6.45. The lowest BCUT2D eigenvalue weighted by Crippen LogP contribution is -2.08. The van der Waals surface area contributed by atoms with E-state index in [1.54, 1.807) is 12.1 Å². The second-order valence-corrected chi connectivity index (χ2v) is 9.11. The first-order chi connectivity index (χ1) is 14.2. The molecule has 7 heteroatoms. The van der Waals surface area contributed by atoms with Crippen LogP contribution in [0.5, 0.6) is 0 Å². The maximum absolute atomic E-state index is 12.5. The lowest BCUT2D eigenvalue weighted by molar-refractivity contribution is 0.102. The van der Waals surface area contributed by atoms with E-state index in [1.807, 2.05) is 36.4 Å². The van der Waals surface area contributed by atoms with Gasteiger partial charge in [-0.2, -0.15) is 0 Å². The minimum Gasteiger partial charge on any atom is -0.301 e. The summed E-state index contributed by atoms with van der Waals surface area (Å²) in [4.78, 5) is 13.1. The minimum absolute atomic E-state index is 0.0470. The monoisotopic (exact) mass is 439 g/mol. The van der Waals surface area contributed by atoms with Crippen molar-refractivity contribution >= 4 is 40.5 Å². The third-order valence-corrected chi connectivity index (χ3v) is 6.60. The number of thioether (sulfide) groups is 1. The molecule has 0 saturated carbocycles. The predicted octanol–water partition coefficient (Wildman–Crippen LogP) is 5.61. The van der Waals surface area contributed by atoms with Gasteiger partial charge in [0.15, 0.2) is 10.9 Å². The molecular formula is C22H18ClN3OS2. The Labute approximate surface area is 182 Å². The van der Waals surface area contributed by atoms with Crippen LogP contribution in [-0.2, 0) is 13.0 Å². The maximum Gasteiger partial charge on any atom is 0.191 e. The van der Waals surface area contributed by atoms with Crippen molar-refractivity contribution < 1.29 is 4.79 Å². The zero-order valence-corrected chi connectivity index (χ0v) is 17.9. The van der Waals surface area contributed by atoms with E-state index in [-0.39, 0.29) is 5.78 Å². The molecule has 0 N–H and O–H groups in total. The van der Waals surface area contributed by atoms with Crippen LogP contribution in [0.1, 0.15) is 26.6 Å². The molecule has 0 saturated heterocycles. The summed E-state index contributed by atoms with van der Waals surface area (Å²) < 4.78 is 2.72. The van der Waals surface area contributed by atoms with Crippen LogP contribution in [0.2, 0.25) is 4.34 Å². The zero-order chi connectivity index (χ0) is 20.1. The molecule has 29 heavy (non-hydrogen) atoms. The third-order valence-electron chi connectivity index (χ3n) is 4.36. The molecule has 0 aliphatic heterocycles. The van der Waals surface area contributed by atoms with Gasteiger partial charge in [-0.3, -0.25) is 4.79 Å². The van der Waals surface area contributed by atoms with Crippen molar-refractivity contribution in [1.29, 1.82) is 0 Å². The van der Waals surface area contributed by atoms with Gasteiger partial charge in [-0.1, -0.05) is 84.0 Å². The molecule has 4 aromatic rings. The van der Waals surface area contributed by atoms with E-state index in [1.165, 1.54) is 34.2 Å². The van der Waals surface area contributed by atoms with E-state index in [9.17, 15) is 4.79 Å². The smallest absolute Gasteiger partial charge is 0.191 e. The number of thiophene rings is 1. The Hall–Kier alpha value is -2.41. The molecule has 0 bridgehead atoms. The summed E-state index contributed by atoms with van der Waals surface area (Å²) in [6.07, 6.45) is 0.690. The van der Waals surface area contributed by atoms with Crippen molar-refractivity contribution in [1.82, 2.24) is 14.8 Å². The molecule has 0 fully saturated rings. The molecule has 4 rings (SSSR count). The Balaban J connectivity index is 1.56. The van der Waals surface area contributed by atoms with Crippen molar-refractivity contribution in [2.75, 3.05) is 5.75 Å². The van der Waals surface area contributed by atoms with Crippen molar-refractivity contribution in [2.45, 2.75) is 18.1 Å². The minimum atomic E-state index is 0.0470. The molecule has 0 aliphatic carbocycles. The number of benzene rings is 2. The number of ketones is 1. The van der Waals surface area contributed by atoms with Crippen LogP contribution in [-0.4, -0.2) is 26.3 Å². The normalized spacial score (nSPS) is 10.9. The second kappa shape index (κ2) is 9.39. The van der Waals surface area contributed by atoms with Crippen molar-refractivity contribution in [3.05, 3.63) is 99.0 Å². The summed E-state index contributed by atoms with van der Waals surface area (Å²) in [6.45, 7) is 0.664. The molecule has 2 aromatic carbocycles. The molecule has 0 aliphatic rings. The van der Waals surface area contributed by atoms with Gasteiger partial charge in [0, 0.05) is 6.42 Å². The Kier molecular flexibility index (Phi) is 6.44. The van der Waals surface area contributed by atoms with Gasteiger partial charge >= 0.3 is 0 Å². The number of hydrogen-bond acceptors (Lipinski definition) is 5. The van der Waals surface area contributed by atoms with E-state index in [2.05, 4.69) is 39.0 Å². The topological polar surface area (TPSA) is 47.8 Å². The van der Waals surface area contributed by atoms with Gasteiger partial charge in [-0.05, 0) is 23.3 Å². The highest BCUT2D eigenvalue weighted by atomic mass is 35.5. The molecule has 0 unspecified atom stereocenters. The molecule has 2 aromatic heterocycles. The van der Waals surface area contributed by atoms with Crippen LogP contribution in [0.4, 0.5) is 0 Å². The number of Topliss-reactive ketones (excluding diaryl/α,β-unsaturated/α-hetero) is 1. The van der Waals surface area contributed by atoms with Crippen LogP contribution in [0.15, 0.2) is 78.0 Å². The summed E-state index contributed by atoms with van der Waals surface area (Å²) in [7, 11) is 0. The fourth-order valence-corrected chi connectivity index (χ4v) is 4.84. The first-order valence-electron chi connectivity index (χ1n) is 9.10. The highest BCUT2D eigenvalue weighted by Gasteiger charge is 2.16. The highest BCUT2D eigenvalue weighted by molar-refractivity contribution is 7.99. The molecule has 4 nitrogen and oxygen atoms in total. The van der Waals surface area contributed by atoms with Crippen molar-refractivity contribution in [3.8, 4) is 0 Å². The number of aromatic nitrogens is 3. The summed E-state index contributed by atoms with van der Waals surface area (Å²) in [5, 5.41) is 9.55. The average molecular weight is 440 g/mol. The predicted molar refractivity (Wildman–Crippen MR) is 119 cm³/mol. The molecule has 0 radical (unpaired) electrons.